The molecule has 2 rings (SSSR count). The van der Waals surface area contributed by atoms with Crippen LogP contribution in [-0.2, 0) is 0 Å². The number of amidine groups is 1. The zero-order valence-electron chi connectivity index (χ0n) is 12.4. The van der Waals surface area contributed by atoms with Crippen LogP contribution in [0.25, 0.3) is 0 Å². The lowest BCUT2D eigenvalue weighted by molar-refractivity contribution is 0.0895. The largest absolute Gasteiger partial charge is 0.409 e. The van der Waals surface area contributed by atoms with Crippen molar-refractivity contribution in [3.05, 3.63) is 35.9 Å². The molecule has 5 heteroatoms. The Morgan fingerprint density at radius 3 is 2.52 bits per heavy atom. The fraction of sp³-hybridized carbons (Fsp3) is 0.500. The number of nitrogens with one attached hydrogen (secondary N) is 1. The number of nitrogens with zero attached hydrogens (tertiary/aromatic N) is 1. The molecule has 1 aliphatic carbocycles. The minimum atomic E-state index is -0.729. The van der Waals surface area contributed by atoms with Gasteiger partial charge >= 0.3 is 0 Å². The standard InChI is InChI=1S/C16H23N3O2/c1-2-12-8-10-16(11-9-12,15(17)19-21)18-14(20)13-6-4-3-5-7-13/h3-7,12,21H,2,8-11H2,1H3,(H2,17,19)(H,18,20). The smallest absolute Gasteiger partial charge is 0.252 e. The highest BCUT2D eigenvalue weighted by molar-refractivity contribution is 6.00. The number of benzene rings is 1. The van der Waals surface area contributed by atoms with Crippen LogP contribution in [0.2, 0.25) is 0 Å². The number of amides is 1. The van der Waals surface area contributed by atoms with Gasteiger partial charge in [-0.15, -0.1) is 0 Å². The second-order valence-corrected chi connectivity index (χ2v) is 5.74. The van der Waals surface area contributed by atoms with Gasteiger partial charge < -0.3 is 16.3 Å². The van der Waals surface area contributed by atoms with Crippen molar-refractivity contribution >= 4 is 11.7 Å². The van der Waals surface area contributed by atoms with E-state index in [0.717, 1.165) is 19.3 Å². The first-order chi connectivity index (χ1) is 10.1. The molecule has 0 heterocycles. The van der Waals surface area contributed by atoms with E-state index in [0.29, 0.717) is 24.3 Å². The lowest BCUT2D eigenvalue weighted by Crippen LogP contribution is -2.59. The molecule has 0 atom stereocenters. The van der Waals surface area contributed by atoms with Crippen LogP contribution >= 0.6 is 0 Å². The van der Waals surface area contributed by atoms with Gasteiger partial charge in [0.15, 0.2) is 5.84 Å². The molecule has 0 saturated heterocycles. The monoisotopic (exact) mass is 289 g/mol. The van der Waals surface area contributed by atoms with E-state index in [1.165, 1.54) is 0 Å². The molecule has 0 bridgehead atoms. The predicted molar refractivity (Wildman–Crippen MR) is 82.3 cm³/mol. The van der Waals surface area contributed by atoms with E-state index in [1.807, 2.05) is 18.2 Å². The Morgan fingerprint density at radius 2 is 2.00 bits per heavy atom. The summed E-state index contributed by atoms with van der Waals surface area (Å²) in [7, 11) is 0. The number of oxime groups is 1. The third-order valence-electron chi connectivity index (χ3n) is 4.52. The molecule has 1 aromatic carbocycles. The quantitative estimate of drug-likeness (QED) is 0.344. The van der Waals surface area contributed by atoms with Crippen LogP contribution in [0.5, 0.6) is 0 Å². The Morgan fingerprint density at radius 1 is 1.38 bits per heavy atom. The molecule has 1 fully saturated rings. The summed E-state index contributed by atoms with van der Waals surface area (Å²) in [5.74, 6) is 0.566. The van der Waals surface area contributed by atoms with Crippen LogP contribution in [0, 0.1) is 5.92 Å². The highest BCUT2D eigenvalue weighted by atomic mass is 16.4. The van der Waals surface area contributed by atoms with Crippen molar-refractivity contribution in [2.75, 3.05) is 0 Å². The van der Waals surface area contributed by atoms with Crippen LogP contribution in [0.3, 0.4) is 0 Å². The molecule has 1 aromatic rings. The van der Waals surface area contributed by atoms with Gasteiger partial charge in [0.25, 0.3) is 5.91 Å². The molecule has 21 heavy (non-hydrogen) atoms. The molecule has 0 spiro atoms. The van der Waals surface area contributed by atoms with Crippen LogP contribution in [-0.4, -0.2) is 22.5 Å². The first kappa shape index (κ1) is 15.4. The number of nitrogens with two attached hydrogens (primary N) is 1. The van der Waals surface area contributed by atoms with E-state index in [4.69, 9.17) is 10.9 Å². The molecule has 0 radical (unpaired) electrons. The maximum absolute atomic E-state index is 12.4. The molecule has 0 aromatic heterocycles. The van der Waals surface area contributed by atoms with Gasteiger partial charge in [-0.05, 0) is 43.7 Å². The normalized spacial score (nSPS) is 26.3. The zero-order valence-corrected chi connectivity index (χ0v) is 12.4. The van der Waals surface area contributed by atoms with Crippen molar-refractivity contribution in [2.24, 2.45) is 16.8 Å². The molecule has 1 amide bonds. The Hall–Kier alpha value is -2.04. The molecular weight excluding hydrogens is 266 g/mol. The van der Waals surface area contributed by atoms with Crippen LogP contribution in [0.15, 0.2) is 35.5 Å². The summed E-state index contributed by atoms with van der Waals surface area (Å²) in [5.41, 5.74) is 5.74. The summed E-state index contributed by atoms with van der Waals surface area (Å²) in [6, 6.07) is 9.01. The first-order valence-corrected chi connectivity index (χ1v) is 7.47. The molecule has 0 unspecified atom stereocenters. The van der Waals surface area contributed by atoms with E-state index < -0.39 is 5.54 Å². The van der Waals surface area contributed by atoms with Gasteiger partial charge in [0.05, 0.1) is 0 Å². The number of carbonyl (C=O) groups is 1. The SMILES string of the molecule is CCC1CCC(NC(=O)c2ccccc2)(/C(N)=N/O)CC1. The Labute approximate surface area is 125 Å². The van der Waals surface area contributed by atoms with Gasteiger partial charge in [0.1, 0.15) is 5.54 Å². The average molecular weight is 289 g/mol. The lowest BCUT2D eigenvalue weighted by atomic mass is 9.74. The van der Waals surface area contributed by atoms with Gasteiger partial charge in [-0.2, -0.15) is 0 Å². The second kappa shape index (κ2) is 6.61. The number of hydrogen-bond donors (Lipinski definition) is 3. The molecular formula is C16H23N3O2. The summed E-state index contributed by atoms with van der Waals surface area (Å²) < 4.78 is 0. The van der Waals surface area contributed by atoms with Crippen LogP contribution < -0.4 is 11.1 Å². The van der Waals surface area contributed by atoms with Crippen LogP contribution in [0.4, 0.5) is 0 Å². The summed E-state index contributed by atoms with van der Waals surface area (Å²) in [6.45, 7) is 2.17. The zero-order chi connectivity index (χ0) is 15.3. The van der Waals surface area contributed by atoms with Gasteiger partial charge in [0, 0.05) is 5.56 Å². The maximum atomic E-state index is 12.4. The topological polar surface area (TPSA) is 87.7 Å². The molecule has 114 valence electrons. The van der Waals surface area contributed by atoms with E-state index in [1.54, 1.807) is 12.1 Å². The number of rotatable bonds is 4. The number of carbonyl (C=O) groups excluding carboxylic acids is 1. The minimum absolute atomic E-state index is 0.0985. The Bertz CT molecular complexity index is 506. The van der Waals surface area contributed by atoms with Gasteiger partial charge in [-0.3, -0.25) is 4.79 Å². The van der Waals surface area contributed by atoms with E-state index in [9.17, 15) is 4.79 Å². The van der Waals surface area contributed by atoms with Crippen molar-refractivity contribution in [1.82, 2.24) is 5.32 Å². The van der Waals surface area contributed by atoms with Gasteiger partial charge in [-0.25, -0.2) is 0 Å². The molecule has 1 saturated carbocycles. The van der Waals surface area contributed by atoms with Gasteiger partial charge in [0.2, 0.25) is 0 Å². The van der Waals surface area contributed by atoms with E-state index in [2.05, 4.69) is 17.4 Å². The Kier molecular flexibility index (Phi) is 4.83. The minimum Gasteiger partial charge on any atom is -0.409 e. The lowest BCUT2D eigenvalue weighted by Gasteiger charge is -2.39. The molecule has 4 N–H and O–H groups in total. The van der Waals surface area contributed by atoms with Crippen molar-refractivity contribution < 1.29 is 10.0 Å². The fourth-order valence-electron chi connectivity index (χ4n) is 3.00. The number of hydrogen-bond acceptors (Lipinski definition) is 3. The third-order valence-corrected chi connectivity index (χ3v) is 4.52. The second-order valence-electron chi connectivity index (χ2n) is 5.74. The summed E-state index contributed by atoms with van der Waals surface area (Å²) in [4.78, 5) is 12.4. The molecule has 5 nitrogen and oxygen atoms in total. The van der Waals surface area contributed by atoms with Crippen molar-refractivity contribution in [3.8, 4) is 0 Å². The highest BCUT2D eigenvalue weighted by Gasteiger charge is 2.40. The van der Waals surface area contributed by atoms with E-state index in [-0.39, 0.29) is 11.7 Å². The average Bonchev–Trinajstić information content (AvgIpc) is 2.55. The van der Waals surface area contributed by atoms with E-state index >= 15 is 0 Å². The van der Waals surface area contributed by atoms with Gasteiger partial charge in [-0.1, -0.05) is 36.7 Å². The summed E-state index contributed by atoms with van der Waals surface area (Å²) in [5, 5.41) is 15.2. The van der Waals surface area contributed by atoms with Crippen molar-refractivity contribution in [2.45, 2.75) is 44.6 Å². The summed E-state index contributed by atoms with van der Waals surface area (Å²) in [6.07, 6.45) is 4.49. The maximum Gasteiger partial charge on any atom is 0.252 e. The summed E-state index contributed by atoms with van der Waals surface area (Å²) >= 11 is 0. The predicted octanol–water partition coefficient (Wildman–Crippen LogP) is 2.50. The molecule has 1 aliphatic rings. The third kappa shape index (κ3) is 3.35. The van der Waals surface area contributed by atoms with Crippen molar-refractivity contribution in [1.29, 1.82) is 0 Å². The highest BCUT2D eigenvalue weighted by Crippen LogP contribution is 2.34. The fourth-order valence-corrected chi connectivity index (χ4v) is 3.00. The Balaban J connectivity index is 2.17. The molecule has 0 aliphatic heterocycles. The van der Waals surface area contributed by atoms with Crippen molar-refractivity contribution in [3.63, 3.8) is 0 Å². The first-order valence-electron chi connectivity index (χ1n) is 7.47. The van der Waals surface area contributed by atoms with Crippen LogP contribution in [0.1, 0.15) is 49.4 Å².